The zero-order valence-electron chi connectivity index (χ0n) is 13.9. The summed E-state index contributed by atoms with van der Waals surface area (Å²) in [5, 5.41) is 7.75. The standard InChI is InChI=1S/C19H17ClN4O2/c20-16-5-6-17-15(7-16)8-18(26-17)19(25)22-9-13-3-1-2-4-14(13)10-24-12-21-11-23-24/h1-7,11-12,18H,8-10H2,(H,22,25). The lowest BCUT2D eigenvalue weighted by Crippen LogP contribution is -2.37. The molecule has 1 aliphatic heterocycles. The highest BCUT2D eigenvalue weighted by Gasteiger charge is 2.29. The van der Waals surface area contributed by atoms with Gasteiger partial charge in [0.25, 0.3) is 5.91 Å². The molecule has 6 nitrogen and oxygen atoms in total. The molecule has 1 aliphatic rings. The SMILES string of the molecule is O=C(NCc1ccccc1Cn1cncn1)C1Cc2cc(Cl)ccc2O1. The van der Waals surface area contributed by atoms with Gasteiger partial charge in [-0.1, -0.05) is 35.9 Å². The summed E-state index contributed by atoms with van der Waals surface area (Å²) < 4.78 is 7.49. The molecule has 0 fully saturated rings. The number of aromatic nitrogens is 3. The van der Waals surface area contributed by atoms with Crippen molar-refractivity contribution in [1.82, 2.24) is 20.1 Å². The van der Waals surface area contributed by atoms with Crippen LogP contribution < -0.4 is 10.1 Å². The van der Waals surface area contributed by atoms with Gasteiger partial charge in [0.05, 0.1) is 6.54 Å². The average Bonchev–Trinajstić information content (AvgIpc) is 3.30. The van der Waals surface area contributed by atoms with E-state index in [0.717, 1.165) is 22.4 Å². The summed E-state index contributed by atoms with van der Waals surface area (Å²) in [6.07, 6.45) is 3.18. The van der Waals surface area contributed by atoms with E-state index in [1.54, 1.807) is 23.1 Å². The van der Waals surface area contributed by atoms with Crippen molar-refractivity contribution in [3.8, 4) is 5.75 Å². The highest BCUT2D eigenvalue weighted by atomic mass is 35.5. The van der Waals surface area contributed by atoms with E-state index in [-0.39, 0.29) is 5.91 Å². The van der Waals surface area contributed by atoms with Gasteiger partial charge in [0.2, 0.25) is 0 Å². The van der Waals surface area contributed by atoms with E-state index >= 15 is 0 Å². The Morgan fingerprint density at radius 3 is 2.92 bits per heavy atom. The second-order valence-corrected chi connectivity index (χ2v) is 6.58. The second kappa shape index (κ2) is 7.17. The summed E-state index contributed by atoms with van der Waals surface area (Å²) in [5.41, 5.74) is 3.08. The van der Waals surface area contributed by atoms with Crippen LogP contribution in [0, 0.1) is 0 Å². The minimum Gasteiger partial charge on any atom is -0.480 e. The molecule has 3 aromatic rings. The monoisotopic (exact) mass is 368 g/mol. The molecule has 0 saturated carbocycles. The van der Waals surface area contributed by atoms with Crippen LogP contribution in [0.2, 0.25) is 5.02 Å². The van der Waals surface area contributed by atoms with Gasteiger partial charge in [-0.3, -0.25) is 4.79 Å². The van der Waals surface area contributed by atoms with E-state index < -0.39 is 6.10 Å². The predicted octanol–water partition coefficient (Wildman–Crippen LogP) is 2.60. The van der Waals surface area contributed by atoms with Crippen molar-refractivity contribution in [2.75, 3.05) is 0 Å². The van der Waals surface area contributed by atoms with Gasteiger partial charge in [0.1, 0.15) is 18.4 Å². The van der Waals surface area contributed by atoms with Gasteiger partial charge < -0.3 is 10.1 Å². The van der Waals surface area contributed by atoms with Crippen LogP contribution in [0.4, 0.5) is 0 Å². The molecule has 0 aliphatic carbocycles. The summed E-state index contributed by atoms with van der Waals surface area (Å²) >= 11 is 6.00. The number of amides is 1. The molecule has 0 bridgehead atoms. The lowest BCUT2D eigenvalue weighted by Gasteiger charge is -2.13. The maximum atomic E-state index is 12.5. The van der Waals surface area contributed by atoms with E-state index in [2.05, 4.69) is 15.4 Å². The molecule has 2 aromatic carbocycles. The molecule has 0 spiro atoms. The number of nitrogens with one attached hydrogen (secondary N) is 1. The van der Waals surface area contributed by atoms with Gasteiger partial charge >= 0.3 is 0 Å². The number of fused-ring (bicyclic) bond motifs is 1. The third-order valence-electron chi connectivity index (χ3n) is 4.36. The Morgan fingerprint density at radius 2 is 2.12 bits per heavy atom. The number of benzene rings is 2. The van der Waals surface area contributed by atoms with Crippen LogP contribution >= 0.6 is 11.6 Å². The van der Waals surface area contributed by atoms with Crippen LogP contribution in [0.15, 0.2) is 55.1 Å². The van der Waals surface area contributed by atoms with Crippen LogP contribution in [-0.4, -0.2) is 26.8 Å². The van der Waals surface area contributed by atoms with Crippen LogP contribution in [-0.2, 0) is 24.3 Å². The summed E-state index contributed by atoms with van der Waals surface area (Å²) in [7, 11) is 0. The van der Waals surface area contributed by atoms with E-state index in [1.807, 2.05) is 30.3 Å². The molecule has 2 heterocycles. The normalized spacial score (nSPS) is 15.3. The van der Waals surface area contributed by atoms with E-state index in [9.17, 15) is 4.79 Å². The topological polar surface area (TPSA) is 69.0 Å². The second-order valence-electron chi connectivity index (χ2n) is 6.14. The molecule has 0 saturated heterocycles. The Balaban J connectivity index is 1.40. The van der Waals surface area contributed by atoms with Crippen molar-refractivity contribution in [2.24, 2.45) is 0 Å². The molecule has 1 unspecified atom stereocenters. The zero-order chi connectivity index (χ0) is 17.9. The van der Waals surface area contributed by atoms with Crippen LogP contribution in [0.1, 0.15) is 16.7 Å². The first-order valence-corrected chi connectivity index (χ1v) is 8.69. The Labute approximate surface area is 155 Å². The number of rotatable bonds is 5. The number of ether oxygens (including phenoxy) is 1. The van der Waals surface area contributed by atoms with Crippen molar-refractivity contribution in [3.05, 3.63) is 76.8 Å². The molecule has 1 N–H and O–H groups in total. The lowest BCUT2D eigenvalue weighted by molar-refractivity contribution is -0.127. The zero-order valence-corrected chi connectivity index (χ0v) is 14.7. The van der Waals surface area contributed by atoms with Gasteiger partial charge in [-0.25, -0.2) is 9.67 Å². The summed E-state index contributed by atoms with van der Waals surface area (Å²) in [6, 6.07) is 13.4. The van der Waals surface area contributed by atoms with Crippen molar-refractivity contribution in [1.29, 1.82) is 0 Å². The van der Waals surface area contributed by atoms with Crippen LogP contribution in [0.3, 0.4) is 0 Å². The fraction of sp³-hybridized carbons (Fsp3) is 0.211. The Kier molecular flexibility index (Phi) is 4.58. The van der Waals surface area contributed by atoms with Gasteiger partial charge in [0.15, 0.2) is 6.10 Å². The third-order valence-corrected chi connectivity index (χ3v) is 4.59. The van der Waals surface area contributed by atoms with Crippen LogP contribution in [0.25, 0.3) is 0 Å². The minimum absolute atomic E-state index is 0.132. The number of carbonyl (C=O) groups excluding carboxylic acids is 1. The Hall–Kier alpha value is -2.86. The van der Waals surface area contributed by atoms with Crippen molar-refractivity contribution in [3.63, 3.8) is 0 Å². The first-order chi connectivity index (χ1) is 12.7. The van der Waals surface area contributed by atoms with Crippen molar-refractivity contribution < 1.29 is 9.53 Å². The summed E-state index contributed by atoms with van der Waals surface area (Å²) in [6.45, 7) is 1.04. The molecule has 26 heavy (non-hydrogen) atoms. The molecule has 132 valence electrons. The average molecular weight is 369 g/mol. The molecule has 4 rings (SSSR count). The van der Waals surface area contributed by atoms with E-state index in [0.29, 0.717) is 24.5 Å². The van der Waals surface area contributed by atoms with E-state index in [4.69, 9.17) is 16.3 Å². The van der Waals surface area contributed by atoms with Gasteiger partial charge in [-0.2, -0.15) is 5.10 Å². The number of hydrogen-bond acceptors (Lipinski definition) is 4. The molecule has 1 aromatic heterocycles. The highest BCUT2D eigenvalue weighted by Crippen LogP contribution is 2.31. The van der Waals surface area contributed by atoms with Gasteiger partial charge in [-0.05, 0) is 34.9 Å². The van der Waals surface area contributed by atoms with E-state index in [1.165, 1.54) is 6.33 Å². The maximum Gasteiger partial charge on any atom is 0.261 e. The molecule has 0 radical (unpaired) electrons. The lowest BCUT2D eigenvalue weighted by atomic mass is 10.1. The molecule has 7 heteroatoms. The minimum atomic E-state index is -0.522. The molecule has 1 atom stereocenters. The number of halogens is 1. The molecular formula is C19H17ClN4O2. The van der Waals surface area contributed by atoms with Gasteiger partial charge in [0, 0.05) is 18.0 Å². The molecular weight excluding hydrogens is 352 g/mol. The van der Waals surface area contributed by atoms with Crippen molar-refractivity contribution >= 4 is 17.5 Å². The Morgan fingerprint density at radius 1 is 1.27 bits per heavy atom. The van der Waals surface area contributed by atoms with Crippen LogP contribution in [0.5, 0.6) is 5.75 Å². The quantitative estimate of drug-likeness (QED) is 0.751. The van der Waals surface area contributed by atoms with Gasteiger partial charge in [-0.15, -0.1) is 0 Å². The smallest absolute Gasteiger partial charge is 0.261 e. The first kappa shape index (κ1) is 16.6. The number of carbonyl (C=O) groups is 1. The summed E-state index contributed by atoms with van der Waals surface area (Å²) in [5.74, 6) is 0.592. The maximum absolute atomic E-state index is 12.5. The largest absolute Gasteiger partial charge is 0.480 e. The first-order valence-electron chi connectivity index (χ1n) is 8.31. The third kappa shape index (κ3) is 3.55. The summed E-state index contributed by atoms with van der Waals surface area (Å²) in [4.78, 5) is 16.5. The fourth-order valence-corrected chi connectivity index (χ4v) is 3.23. The highest BCUT2D eigenvalue weighted by molar-refractivity contribution is 6.30. The predicted molar refractivity (Wildman–Crippen MR) is 97.0 cm³/mol. The molecule has 1 amide bonds. The fourth-order valence-electron chi connectivity index (χ4n) is 3.03. The number of hydrogen-bond donors (Lipinski definition) is 1. The van der Waals surface area contributed by atoms with Crippen molar-refractivity contribution in [2.45, 2.75) is 25.6 Å². The Bertz CT molecular complexity index is 927. The number of nitrogens with zero attached hydrogens (tertiary/aromatic N) is 3.